The zero-order valence-corrected chi connectivity index (χ0v) is 15.8. The van der Waals surface area contributed by atoms with Crippen LogP contribution < -0.4 is 4.90 Å². The van der Waals surface area contributed by atoms with Gasteiger partial charge < -0.3 is 10.0 Å². The van der Waals surface area contributed by atoms with Crippen molar-refractivity contribution < 1.29 is 27.9 Å². The van der Waals surface area contributed by atoms with Crippen LogP contribution in [0.5, 0.6) is 0 Å². The molecule has 2 fully saturated rings. The molecule has 1 amide bonds. The Morgan fingerprint density at radius 2 is 2.11 bits per heavy atom. The van der Waals surface area contributed by atoms with E-state index in [1.807, 2.05) is 18.1 Å². The minimum atomic E-state index is -5.08. The van der Waals surface area contributed by atoms with E-state index in [1.165, 1.54) is 4.88 Å². The molecule has 0 aromatic carbocycles. The number of carbonyl (C=O) groups is 2. The second kappa shape index (κ2) is 7.92. The van der Waals surface area contributed by atoms with Gasteiger partial charge in [-0.05, 0) is 17.9 Å². The molecule has 2 atom stereocenters. The predicted molar refractivity (Wildman–Crippen MR) is 95.9 cm³/mol. The number of carboxylic acid groups (broad SMARTS) is 1. The highest BCUT2D eigenvalue weighted by Gasteiger charge is 2.47. The normalized spacial score (nSPS) is 22.1. The summed E-state index contributed by atoms with van der Waals surface area (Å²) in [5.74, 6) is -2.53. The van der Waals surface area contributed by atoms with Crippen molar-refractivity contribution in [2.45, 2.75) is 37.6 Å². The Morgan fingerprint density at radius 1 is 1.39 bits per heavy atom. The van der Waals surface area contributed by atoms with Crippen LogP contribution in [-0.4, -0.2) is 56.5 Å². The molecule has 0 aliphatic carbocycles. The molecule has 0 bridgehead atoms. The van der Waals surface area contributed by atoms with Crippen molar-refractivity contribution in [2.75, 3.05) is 11.4 Å². The predicted octanol–water partition coefficient (Wildman–Crippen LogP) is 2.49. The lowest BCUT2D eigenvalue weighted by atomic mass is 10.1. The Balaban J connectivity index is 0.000000279. The molecular weight excluding hydrogens is 397 g/mol. The number of likely N-dealkylation sites (tertiary alicyclic amines) is 1. The highest BCUT2D eigenvalue weighted by atomic mass is 32.1. The van der Waals surface area contributed by atoms with Crippen LogP contribution in [0.1, 0.15) is 17.7 Å². The summed E-state index contributed by atoms with van der Waals surface area (Å²) in [6.45, 7) is 2.03. The van der Waals surface area contributed by atoms with Crippen LogP contribution in [0.3, 0.4) is 0 Å². The standard InChI is InChI=1S/C15H18N4OS.C2HF3O2/c1-17-9-11(8-16-17)19-13-4-5-18(14(13)7-15(19)20)10-12-3-2-6-21-12;3-2(4,5)1(6)7/h2-3,6,8-9,13-14H,4-5,7,10H2,1H3;(H,6,7)/t13-,14+;/m1./s1. The fraction of sp³-hybridized carbons (Fsp3) is 0.471. The quantitative estimate of drug-likeness (QED) is 0.832. The van der Waals surface area contributed by atoms with E-state index >= 15 is 0 Å². The van der Waals surface area contributed by atoms with Crippen molar-refractivity contribution in [3.05, 3.63) is 34.8 Å². The van der Waals surface area contributed by atoms with Crippen LogP contribution in [0.25, 0.3) is 0 Å². The minimum absolute atomic E-state index is 0.230. The molecule has 1 N–H and O–H groups in total. The molecule has 11 heteroatoms. The Kier molecular flexibility index (Phi) is 5.75. The third-order valence-electron chi connectivity index (χ3n) is 4.76. The van der Waals surface area contributed by atoms with Crippen molar-refractivity contribution in [1.82, 2.24) is 14.7 Å². The Hall–Kier alpha value is -2.40. The van der Waals surface area contributed by atoms with Gasteiger partial charge in [-0.3, -0.25) is 14.4 Å². The van der Waals surface area contributed by atoms with Crippen molar-refractivity contribution in [3.8, 4) is 0 Å². The van der Waals surface area contributed by atoms with Crippen molar-refractivity contribution in [2.24, 2.45) is 7.05 Å². The molecule has 0 spiro atoms. The van der Waals surface area contributed by atoms with E-state index in [1.54, 1.807) is 22.2 Å². The largest absolute Gasteiger partial charge is 0.490 e. The topological polar surface area (TPSA) is 78.7 Å². The van der Waals surface area contributed by atoms with Crippen LogP contribution >= 0.6 is 11.3 Å². The number of thiophene rings is 1. The molecule has 2 aliphatic rings. The highest BCUT2D eigenvalue weighted by molar-refractivity contribution is 7.09. The van der Waals surface area contributed by atoms with E-state index in [0.717, 1.165) is 25.2 Å². The third kappa shape index (κ3) is 4.36. The van der Waals surface area contributed by atoms with Gasteiger partial charge in [0.1, 0.15) is 0 Å². The SMILES string of the molecule is Cn1cc(N2C(=O)C[C@H]3[C@H]2CCN3Cc2cccs2)cn1.O=C(O)C(F)(F)F. The summed E-state index contributed by atoms with van der Waals surface area (Å²) in [5.41, 5.74) is 0.938. The van der Waals surface area contributed by atoms with Gasteiger partial charge in [0.15, 0.2) is 0 Å². The summed E-state index contributed by atoms with van der Waals surface area (Å²) in [4.78, 5) is 27.1. The second-order valence-electron chi connectivity index (χ2n) is 6.62. The Morgan fingerprint density at radius 3 is 2.64 bits per heavy atom. The van der Waals surface area contributed by atoms with Gasteiger partial charge in [0.25, 0.3) is 0 Å². The molecule has 4 heterocycles. The van der Waals surface area contributed by atoms with E-state index < -0.39 is 12.1 Å². The van der Waals surface area contributed by atoms with Crippen LogP contribution in [0, 0.1) is 0 Å². The summed E-state index contributed by atoms with van der Waals surface area (Å²) < 4.78 is 33.5. The number of alkyl halides is 3. The van der Waals surface area contributed by atoms with E-state index in [0.29, 0.717) is 18.5 Å². The molecule has 2 aliphatic heterocycles. The smallest absolute Gasteiger partial charge is 0.475 e. The highest BCUT2D eigenvalue weighted by Crippen LogP contribution is 2.36. The minimum Gasteiger partial charge on any atom is -0.475 e. The van der Waals surface area contributed by atoms with Gasteiger partial charge >= 0.3 is 12.1 Å². The van der Waals surface area contributed by atoms with Gasteiger partial charge in [-0.2, -0.15) is 18.3 Å². The lowest BCUT2D eigenvalue weighted by Gasteiger charge is -2.24. The maximum absolute atomic E-state index is 12.4. The molecule has 0 unspecified atom stereocenters. The average molecular weight is 416 g/mol. The van der Waals surface area contributed by atoms with Gasteiger partial charge in [0.05, 0.1) is 17.9 Å². The van der Waals surface area contributed by atoms with Crippen LogP contribution in [0.4, 0.5) is 18.9 Å². The summed E-state index contributed by atoms with van der Waals surface area (Å²) >= 11 is 1.79. The molecule has 0 saturated carbocycles. The average Bonchev–Trinajstić information content (AvgIpc) is 3.35. The zero-order valence-electron chi connectivity index (χ0n) is 15.0. The number of rotatable bonds is 3. The number of carbonyl (C=O) groups excluding carboxylic acids is 1. The Bertz CT molecular complexity index is 837. The van der Waals surface area contributed by atoms with Crippen LogP contribution in [0.2, 0.25) is 0 Å². The number of fused-ring (bicyclic) bond motifs is 1. The first kappa shape index (κ1) is 20.3. The number of hydrogen-bond donors (Lipinski definition) is 1. The lowest BCUT2D eigenvalue weighted by molar-refractivity contribution is -0.192. The second-order valence-corrected chi connectivity index (χ2v) is 7.65. The zero-order chi connectivity index (χ0) is 20.5. The van der Waals surface area contributed by atoms with Gasteiger partial charge in [-0.1, -0.05) is 6.07 Å². The van der Waals surface area contributed by atoms with Crippen LogP contribution in [0.15, 0.2) is 29.9 Å². The maximum Gasteiger partial charge on any atom is 0.490 e. The first-order chi connectivity index (χ1) is 13.2. The molecule has 152 valence electrons. The summed E-state index contributed by atoms with van der Waals surface area (Å²) in [7, 11) is 1.89. The van der Waals surface area contributed by atoms with E-state index in [2.05, 4.69) is 27.5 Å². The summed E-state index contributed by atoms with van der Waals surface area (Å²) in [5, 5.41) is 13.4. The fourth-order valence-corrected chi connectivity index (χ4v) is 4.32. The third-order valence-corrected chi connectivity index (χ3v) is 5.62. The maximum atomic E-state index is 12.4. The number of hydrogen-bond acceptors (Lipinski definition) is 5. The number of nitrogens with zero attached hydrogens (tertiary/aromatic N) is 4. The molecule has 28 heavy (non-hydrogen) atoms. The monoisotopic (exact) mass is 416 g/mol. The molecule has 4 rings (SSSR count). The number of aryl methyl sites for hydroxylation is 1. The van der Waals surface area contributed by atoms with Gasteiger partial charge in [0.2, 0.25) is 5.91 Å². The molecular formula is C17H19F3N4O3S. The van der Waals surface area contributed by atoms with Crippen molar-refractivity contribution in [1.29, 1.82) is 0 Å². The van der Waals surface area contributed by atoms with E-state index in [4.69, 9.17) is 9.90 Å². The number of anilines is 1. The number of aromatic nitrogens is 2. The van der Waals surface area contributed by atoms with Crippen LogP contribution in [-0.2, 0) is 23.2 Å². The summed E-state index contributed by atoms with van der Waals surface area (Å²) in [6.07, 6.45) is 0.325. The van der Waals surface area contributed by atoms with Gasteiger partial charge in [0, 0.05) is 43.7 Å². The molecule has 2 saturated heterocycles. The number of carboxylic acids is 1. The molecule has 7 nitrogen and oxygen atoms in total. The van der Waals surface area contributed by atoms with Gasteiger partial charge in [-0.15, -0.1) is 11.3 Å². The van der Waals surface area contributed by atoms with Gasteiger partial charge in [-0.25, -0.2) is 4.79 Å². The van der Waals surface area contributed by atoms with Crippen molar-refractivity contribution in [3.63, 3.8) is 0 Å². The summed E-state index contributed by atoms with van der Waals surface area (Å²) in [6, 6.07) is 4.92. The first-order valence-corrected chi connectivity index (χ1v) is 9.42. The fourth-order valence-electron chi connectivity index (χ4n) is 3.60. The number of amides is 1. The molecule has 2 aromatic rings. The molecule has 2 aromatic heterocycles. The molecule has 0 radical (unpaired) electrons. The van der Waals surface area contributed by atoms with E-state index in [9.17, 15) is 18.0 Å². The lowest BCUT2D eigenvalue weighted by Crippen LogP contribution is -2.36. The first-order valence-electron chi connectivity index (χ1n) is 8.54. The Labute approximate surface area is 163 Å². The number of aliphatic carboxylic acids is 1. The van der Waals surface area contributed by atoms with Crippen molar-refractivity contribution >= 4 is 28.9 Å². The number of halogens is 3. The van der Waals surface area contributed by atoms with E-state index in [-0.39, 0.29) is 5.91 Å².